The molecule has 3 rings (SSSR count). The van der Waals surface area contributed by atoms with Crippen molar-refractivity contribution in [3.63, 3.8) is 0 Å². The molecule has 0 amide bonds. The summed E-state index contributed by atoms with van der Waals surface area (Å²) < 4.78 is 7.59. The van der Waals surface area contributed by atoms with Gasteiger partial charge in [0.2, 0.25) is 0 Å². The molecular weight excluding hydrogens is 332 g/mol. The molecule has 2 aromatic rings. The quantitative estimate of drug-likeness (QED) is 0.825. The van der Waals surface area contributed by atoms with E-state index < -0.39 is 0 Å². The molecule has 0 unspecified atom stereocenters. The lowest BCUT2D eigenvalue weighted by Gasteiger charge is -2.15. The van der Waals surface area contributed by atoms with Crippen LogP contribution in [0.3, 0.4) is 0 Å². The van der Waals surface area contributed by atoms with Crippen LogP contribution >= 0.6 is 11.8 Å². The third-order valence-electron chi connectivity index (χ3n) is 4.14. The molecule has 2 heterocycles. The number of benzene rings is 1. The van der Waals surface area contributed by atoms with E-state index in [1.54, 1.807) is 18.9 Å². The highest BCUT2D eigenvalue weighted by molar-refractivity contribution is 8.14. The number of nitrogens with one attached hydrogen (secondary N) is 1. The van der Waals surface area contributed by atoms with Gasteiger partial charge in [0.05, 0.1) is 12.8 Å². The van der Waals surface area contributed by atoms with Gasteiger partial charge in [-0.25, -0.2) is 4.99 Å². The molecule has 0 saturated carbocycles. The standard InChI is InChI=1S/C19H22N4OS/c1-5-10-23-13(2)11-15(14(23)3)17-12-25-19(22-21-17)20-16-8-6-7-9-18(16)24-4/h5-9,11H,1,10,12H2,2-4H3,(H,20,22). The van der Waals surface area contributed by atoms with Gasteiger partial charge in [0, 0.05) is 29.2 Å². The van der Waals surface area contributed by atoms with E-state index in [1.165, 1.54) is 17.0 Å². The van der Waals surface area contributed by atoms with Crippen LogP contribution in [-0.4, -0.2) is 28.3 Å². The second kappa shape index (κ2) is 7.61. The molecule has 0 atom stereocenters. The van der Waals surface area contributed by atoms with Crippen LogP contribution in [0.2, 0.25) is 0 Å². The number of nitrogens with zero attached hydrogens (tertiary/aromatic N) is 3. The topological polar surface area (TPSA) is 50.9 Å². The normalized spacial score (nSPS) is 15.6. The highest BCUT2D eigenvalue weighted by Crippen LogP contribution is 2.28. The molecule has 1 aromatic carbocycles. The average molecular weight is 354 g/mol. The summed E-state index contributed by atoms with van der Waals surface area (Å²) in [5.41, 5.74) is 8.50. The summed E-state index contributed by atoms with van der Waals surface area (Å²) in [6.07, 6.45) is 1.91. The number of allylic oxidation sites excluding steroid dienone is 1. The van der Waals surface area contributed by atoms with Gasteiger partial charge in [-0.05, 0) is 32.0 Å². The van der Waals surface area contributed by atoms with Gasteiger partial charge in [-0.2, -0.15) is 5.10 Å². The van der Waals surface area contributed by atoms with Crippen LogP contribution < -0.4 is 10.2 Å². The zero-order valence-corrected chi connectivity index (χ0v) is 15.6. The number of aryl methyl sites for hydroxylation is 1. The monoisotopic (exact) mass is 354 g/mol. The maximum atomic E-state index is 5.34. The van der Waals surface area contributed by atoms with Crippen molar-refractivity contribution in [1.82, 2.24) is 9.99 Å². The molecule has 1 N–H and O–H groups in total. The predicted octanol–water partition coefficient (Wildman–Crippen LogP) is 4.03. The number of aromatic nitrogens is 1. The van der Waals surface area contributed by atoms with E-state index in [2.05, 4.69) is 46.6 Å². The van der Waals surface area contributed by atoms with Crippen LogP contribution in [0, 0.1) is 13.8 Å². The van der Waals surface area contributed by atoms with Crippen molar-refractivity contribution in [2.45, 2.75) is 20.4 Å². The van der Waals surface area contributed by atoms with Crippen LogP contribution in [0.4, 0.5) is 5.69 Å². The Morgan fingerprint density at radius 3 is 2.88 bits per heavy atom. The van der Waals surface area contributed by atoms with Gasteiger partial charge in [-0.1, -0.05) is 30.0 Å². The van der Waals surface area contributed by atoms with Gasteiger partial charge in [0.1, 0.15) is 11.4 Å². The van der Waals surface area contributed by atoms with Crippen molar-refractivity contribution >= 4 is 28.3 Å². The fraction of sp³-hybridized carbons (Fsp3) is 0.263. The Morgan fingerprint density at radius 2 is 2.20 bits per heavy atom. The van der Waals surface area contributed by atoms with Crippen LogP contribution in [0.1, 0.15) is 17.0 Å². The van der Waals surface area contributed by atoms with Gasteiger partial charge >= 0.3 is 0 Å². The fourth-order valence-corrected chi connectivity index (χ4v) is 3.61. The summed E-state index contributed by atoms with van der Waals surface area (Å²) in [6.45, 7) is 8.87. The second-order valence-electron chi connectivity index (χ2n) is 5.73. The first-order chi connectivity index (χ1) is 12.1. The van der Waals surface area contributed by atoms with Crippen molar-refractivity contribution in [3.8, 4) is 5.75 Å². The number of para-hydroxylation sites is 2. The third-order valence-corrected chi connectivity index (χ3v) is 5.01. The molecule has 25 heavy (non-hydrogen) atoms. The molecule has 6 heteroatoms. The van der Waals surface area contributed by atoms with E-state index in [-0.39, 0.29) is 0 Å². The number of hydrogen-bond acceptors (Lipinski definition) is 4. The fourth-order valence-electron chi connectivity index (χ4n) is 2.85. The van der Waals surface area contributed by atoms with Crippen molar-refractivity contribution in [2.75, 3.05) is 12.9 Å². The minimum absolute atomic E-state index is 0.750. The number of aliphatic imine (C=N–C) groups is 1. The van der Waals surface area contributed by atoms with E-state index in [4.69, 9.17) is 4.74 Å². The van der Waals surface area contributed by atoms with E-state index in [0.717, 1.165) is 34.6 Å². The molecule has 1 aliphatic rings. The number of amidine groups is 1. The van der Waals surface area contributed by atoms with E-state index in [0.29, 0.717) is 0 Å². The molecule has 0 spiro atoms. The average Bonchev–Trinajstić information content (AvgIpc) is 2.91. The van der Waals surface area contributed by atoms with Crippen LogP contribution in [0.5, 0.6) is 5.75 Å². The van der Waals surface area contributed by atoms with Crippen LogP contribution in [0.15, 0.2) is 53.1 Å². The van der Waals surface area contributed by atoms with Crippen LogP contribution in [-0.2, 0) is 6.54 Å². The number of methoxy groups -OCH3 is 1. The van der Waals surface area contributed by atoms with Gasteiger partial charge in [-0.3, -0.25) is 5.43 Å². The Labute approximate surface area is 152 Å². The summed E-state index contributed by atoms with van der Waals surface area (Å²) in [5.74, 6) is 1.53. The van der Waals surface area contributed by atoms with E-state index >= 15 is 0 Å². The highest BCUT2D eigenvalue weighted by Gasteiger charge is 2.18. The van der Waals surface area contributed by atoms with Crippen LogP contribution in [0.25, 0.3) is 0 Å². The number of ether oxygens (including phenoxy) is 1. The number of hydrogen-bond donors (Lipinski definition) is 1. The van der Waals surface area contributed by atoms with Crippen molar-refractivity contribution in [2.24, 2.45) is 10.1 Å². The molecule has 0 aliphatic carbocycles. The Balaban J connectivity index is 1.82. The number of thioether (sulfide) groups is 1. The van der Waals surface area contributed by atoms with Gasteiger partial charge < -0.3 is 9.30 Å². The Hall–Kier alpha value is -2.47. The molecular formula is C19H22N4OS. The van der Waals surface area contributed by atoms with Gasteiger partial charge in [-0.15, -0.1) is 6.58 Å². The first kappa shape index (κ1) is 17.4. The first-order valence-corrected chi connectivity index (χ1v) is 9.07. The van der Waals surface area contributed by atoms with Gasteiger partial charge in [0.15, 0.2) is 5.17 Å². The van der Waals surface area contributed by atoms with Gasteiger partial charge in [0.25, 0.3) is 0 Å². The Kier molecular flexibility index (Phi) is 5.28. The largest absolute Gasteiger partial charge is 0.494 e. The summed E-state index contributed by atoms with van der Waals surface area (Å²) in [4.78, 5) is 4.61. The molecule has 1 aromatic heterocycles. The molecule has 130 valence electrons. The maximum absolute atomic E-state index is 5.34. The summed E-state index contributed by atoms with van der Waals surface area (Å²) in [7, 11) is 1.65. The zero-order valence-electron chi connectivity index (χ0n) is 14.7. The van der Waals surface area contributed by atoms with Crippen molar-refractivity contribution < 1.29 is 4.74 Å². The molecule has 1 aliphatic heterocycles. The Bertz CT molecular complexity index is 851. The van der Waals surface area contributed by atoms with Crippen molar-refractivity contribution in [1.29, 1.82) is 0 Å². The molecule has 0 radical (unpaired) electrons. The van der Waals surface area contributed by atoms with E-state index in [9.17, 15) is 0 Å². The second-order valence-corrected chi connectivity index (χ2v) is 6.70. The third kappa shape index (κ3) is 3.64. The summed E-state index contributed by atoms with van der Waals surface area (Å²) >= 11 is 1.64. The minimum Gasteiger partial charge on any atom is -0.494 e. The molecule has 5 nitrogen and oxygen atoms in total. The first-order valence-electron chi connectivity index (χ1n) is 8.09. The predicted molar refractivity (Wildman–Crippen MR) is 106 cm³/mol. The SMILES string of the molecule is C=CCn1c(C)cc(C2=NNC(=Nc3ccccc3OC)SC2)c1C. The minimum atomic E-state index is 0.750. The zero-order chi connectivity index (χ0) is 17.8. The molecule has 0 bridgehead atoms. The lowest BCUT2D eigenvalue weighted by Crippen LogP contribution is -2.25. The number of rotatable bonds is 5. The lowest BCUT2D eigenvalue weighted by molar-refractivity contribution is 0.416. The molecule has 0 fully saturated rings. The van der Waals surface area contributed by atoms with Crippen molar-refractivity contribution in [3.05, 3.63) is 59.9 Å². The molecule has 0 saturated heterocycles. The lowest BCUT2D eigenvalue weighted by atomic mass is 10.1. The smallest absolute Gasteiger partial charge is 0.182 e. The summed E-state index contributed by atoms with van der Waals surface area (Å²) in [6, 6.07) is 9.88. The highest BCUT2D eigenvalue weighted by atomic mass is 32.2. The Morgan fingerprint density at radius 1 is 1.40 bits per heavy atom. The summed E-state index contributed by atoms with van der Waals surface area (Å²) in [5, 5.41) is 5.31. The maximum Gasteiger partial charge on any atom is 0.182 e. The van der Waals surface area contributed by atoms with E-state index in [1.807, 2.05) is 30.3 Å². The number of hydrazone groups is 1.